The topological polar surface area (TPSA) is 88.2 Å². The molecule has 90 valence electrons. The summed E-state index contributed by atoms with van der Waals surface area (Å²) < 4.78 is 3.98. The molecule has 0 spiro atoms. The highest BCUT2D eigenvalue weighted by Crippen LogP contribution is 2.20. The van der Waals surface area contributed by atoms with Gasteiger partial charge in [-0.2, -0.15) is 5.26 Å². The molecule has 0 amide bonds. The van der Waals surface area contributed by atoms with Crippen LogP contribution in [0.2, 0.25) is 0 Å². The van der Waals surface area contributed by atoms with Gasteiger partial charge in [0.2, 0.25) is 6.19 Å². The molecule has 18 heavy (non-hydrogen) atoms. The van der Waals surface area contributed by atoms with Crippen molar-refractivity contribution >= 4 is 22.1 Å². The lowest BCUT2D eigenvalue weighted by Gasteiger charge is -2.07. The van der Waals surface area contributed by atoms with E-state index < -0.39 is 10.7 Å². The van der Waals surface area contributed by atoms with Crippen LogP contribution in [0.1, 0.15) is 0 Å². The van der Waals surface area contributed by atoms with Crippen LogP contribution in [0.15, 0.2) is 62.7 Å². The fourth-order valence-corrected chi connectivity index (χ4v) is 2.83. The smallest absolute Gasteiger partial charge is 0.212 e. The van der Waals surface area contributed by atoms with Crippen LogP contribution in [0.5, 0.6) is 0 Å². The highest BCUT2D eigenvalue weighted by molar-refractivity contribution is 7.87. The van der Waals surface area contributed by atoms with Crippen molar-refractivity contribution in [3.63, 3.8) is 0 Å². The van der Waals surface area contributed by atoms with E-state index in [0.29, 0.717) is 11.4 Å². The Hall–Kier alpha value is -2.32. The molecule has 0 saturated carbocycles. The molecule has 0 unspecified atom stereocenters. The van der Waals surface area contributed by atoms with Gasteiger partial charge < -0.3 is 11.5 Å². The Balaban J connectivity index is 2.47. The number of nitriles is 1. The maximum Gasteiger partial charge on any atom is 0.212 e. The fourth-order valence-electron chi connectivity index (χ4n) is 1.48. The average Bonchev–Trinajstić information content (AvgIpc) is 2.39. The number of nitrogen functional groups attached to an aromatic ring is 2. The molecule has 0 heterocycles. The molecule has 0 fully saturated rings. The first-order valence-corrected chi connectivity index (χ1v) is 6.44. The molecule has 0 bridgehead atoms. The molecular formula is C13H12N4S. The summed E-state index contributed by atoms with van der Waals surface area (Å²) in [7, 11) is -0.615. The van der Waals surface area contributed by atoms with Crippen molar-refractivity contribution in [1.82, 2.24) is 0 Å². The Labute approximate surface area is 108 Å². The number of benzene rings is 2. The highest BCUT2D eigenvalue weighted by atomic mass is 32.2. The molecule has 0 radical (unpaired) electrons. The Kier molecular flexibility index (Phi) is 3.60. The van der Waals surface area contributed by atoms with E-state index in [1.165, 1.54) is 0 Å². The van der Waals surface area contributed by atoms with Gasteiger partial charge in [-0.15, -0.1) is 4.36 Å². The van der Waals surface area contributed by atoms with Gasteiger partial charge in [-0.25, -0.2) is 0 Å². The Morgan fingerprint density at radius 3 is 1.56 bits per heavy atom. The predicted octanol–water partition coefficient (Wildman–Crippen LogP) is 2.55. The van der Waals surface area contributed by atoms with Crippen LogP contribution in [-0.4, -0.2) is 0 Å². The molecule has 0 aliphatic rings. The maximum absolute atomic E-state index is 8.81. The Bertz CT molecular complexity index is 561. The van der Waals surface area contributed by atoms with E-state index in [2.05, 4.69) is 4.36 Å². The van der Waals surface area contributed by atoms with Crippen molar-refractivity contribution in [2.75, 3.05) is 11.5 Å². The molecule has 2 aromatic carbocycles. The third-order valence-electron chi connectivity index (χ3n) is 2.34. The van der Waals surface area contributed by atoms with Crippen molar-refractivity contribution in [2.24, 2.45) is 4.36 Å². The van der Waals surface area contributed by atoms with Gasteiger partial charge in [-0.05, 0) is 59.2 Å². The number of hydrogen-bond donors (Lipinski definition) is 2. The summed E-state index contributed by atoms with van der Waals surface area (Å²) >= 11 is 0. The number of nitrogens with zero attached hydrogens (tertiary/aromatic N) is 2. The van der Waals surface area contributed by atoms with Crippen LogP contribution in [0.4, 0.5) is 11.4 Å². The number of nitrogens with two attached hydrogens (primary N) is 2. The minimum atomic E-state index is -0.615. The molecule has 0 saturated heterocycles. The molecular weight excluding hydrogens is 244 g/mol. The molecule has 2 rings (SSSR count). The first kappa shape index (κ1) is 12.1. The van der Waals surface area contributed by atoms with Gasteiger partial charge in [0.15, 0.2) is 0 Å². The number of hydrogen-bond acceptors (Lipinski definition) is 4. The summed E-state index contributed by atoms with van der Waals surface area (Å²) in [6.45, 7) is 0. The normalized spacial score (nSPS) is 10.0. The molecule has 5 heteroatoms. The van der Waals surface area contributed by atoms with Crippen molar-refractivity contribution < 1.29 is 0 Å². The summed E-state index contributed by atoms with van der Waals surface area (Å²) in [5.41, 5.74) is 12.7. The van der Waals surface area contributed by atoms with E-state index >= 15 is 0 Å². The van der Waals surface area contributed by atoms with E-state index in [0.717, 1.165) is 9.79 Å². The molecule has 4 N–H and O–H groups in total. The molecule has 0 atom stereocenters. The van der Waals surface area contributed by atoms with Crippen LogP contribution in [0.25, 0.3) is 0 Å². The molecule has 0 aliphatic heterocycles. The van der Waals surface area contributed by atoms with Crippen LogP contribution >= 0.6 is 0 Å². The summed E-state index contributed by atoms with van der Waals surface area (Å²) in [4.78, 5) is 1.91. The van der Waals surface area contributed by atoms with E-state index in [1.807, 2.05) is 30.5 Å². The predicted molar refractivity (Wildman–Crippen MR) is 73.6 cm³/mol. The van der Waals surface area contributed by atoms with E-state index in [4.69, 9.17) is 16.7 Å². The monoisotopic (exact) mass is 256 g/mol. The second-order valence-electron chi connectivity index (χ2n) is 3.61. The zero-order chi connectivity index (χ0) is 13.0. The van der Waals surface area contributed by atoms with E-state index in [9.17, 15) is 0 Å². The Morgan fingerprint density at radius 2 is 1.22 bits per heavy atom. The van der Waals surface area contributed by atoms with Gasteiger partial charge >= 0.3 is 0 Å². The minimum absolute atomic E-state index is 0.615. The van der Waals surface area contributed by atoms with Crippen LogP contribution in [0.3, 0.4) is 0 Å². The number of rotatable bonds is 2. The van der Waals surface area contributed by atoms with Crippen molar-refractivity contribution in [3.8, 4) is 6.19 Å². The van der Waals surface area contributed by atoms with Crippen LogP contribution in [0, 0.1) is 11.5 Å². The van der Waals surface area contributed by atoms with E-state index in [1.54, 1.807) is 24.3 Å². The number of anilines is 2. The third kappa shape index (κ3) is 2.67. The lowest BCUT2D eigenvalue weighted by atomic mass is 10.3. The summed E-state index contributed by atoms with van der Waals surface area (Å²) in [5.74, 6) is 0. The molecule has 0 aliphatic carbocycles. The molecule has 4 nitrogen and oxygen atoms in total. The van der Waals surface area contributed by atoms with Crippen molar-refractivity contribution in [3.05, 3.63) is 48.5 Å². The lowest BCUT2D eigenvalue weighted by Crippen LogP contribution is -1.94. The molecule has 2 aromatic rings. The maximum atomic E-state index is 8.81. The van der Waals surface area contributed by atoms with Crippen LogP contribution in [-0.2, 0) is 10.7 Å². The van der Waals surface area contributed by atoms with Crippen molar-refractivity contribution in [2.45, 2.75) is 9.79 Å². The lowest BCUT2D eigenvalue weighted by molar-refractivity contribution is 1.36. The zero-order valence-corrected chi connectivity index (χ0v) is 10.4. The summed E-state index contributed by atoms with van der Waals surface area (Å²) in [6, 6.07) is 14.8. The second-order valence-corrected chi connectivity index (χ2v) is 5.31. The van der Waals surface area contributed by atoms with Gasteiger partial charge in [0, 0.05) is 21.2 Å². The quantitative estimate of drug-likeness (QED) is 0.639. The van der Waals surface area contributed by atoms with Crippen molar-refractivity contribution in [1.29, 1.82) is 5.26 Å². The van der Waals surface area contributed by atoms with E-state index in [-0.39, 0.29) is 0 Å². The third-order valence-corrected chi connectivity index (χ3v) is 4.04. The largest absolute Gasteiger partial charge is 0.399 e. The Morgan fingerprint density at radius 1 is 0.833 bits per heavy atom. The zero-order valence-electron chi connectivity index (χ0n) is 9.58. The first-order valence-electron chi connectivity index (χ1n) is 5.26. The standard InChI is InChI=1S/C13H12N4S/c14-9-17-18(12-5-1-10(15)2-6-12)13-7-3-11(16)4-8-13/h1-8H,15-16H2. The molecule has 0 aromatic heterocycles. The average molecular weight is 256 g/mol. The van der Waals surface area contributed by atoms with Gasteiger partial charge in [0.1, 0.15) is 0 Å². The van der Waals surface area contributed by atoms with Crippen LogP contribution < -0.4 is 11.5 Å². The first-order chi connectivity index (χ1) is 8.70. The summed E-state index contributed by atoms with van der Waals surface area (Å²) in [5, 5.41) is 8.81. The second kappa shape index (κ2) is 5.34. The van der Waals surface area contributed by atoms with Gasteiger partial charge in [-0.3, -0.25) is 0 Å². The summed E-state index contributed by atoms with van der Waals surface area (Å²) in [6.07, 6.45) is 1.87. The van der Waals surface area contributed by atoms with Gasteiger partial charge in [-0.1, -0.05) is 0 Å². The minimum Gasteiger partial charge on any atom is -0.399 e. The highest BCUT2D eigenvalue weighted by Gasteiger charge is 2.05. The fraction of sp³-hybridized carbons (Fsp3) is 0. The van der Waals surface area contributed by atoms with Gasteiger partial charge in [0.05, 0.1) is 0 Å². The SMILES string of the molecule is N#CN=S(c1ccc(N)cc1)c1ccc(N)cc1. The van der Waals surface area contributed by atoms with Gasteiger partial charge in [0.25, 0.3) is 0 Å².